The number of benzene rings is 1. The molecule has 0 radical (unpaired) electrons. The lowest BCUT2D eigenvalue weighted by molar-refractivity contribution is 0.0823. The zero-order valence-corrected chi connectivity index (χ0v) is 19.0. The van der Waals surface area contributed by atoms with Crippen LogP contribution in [0.3, 0.4) is 0 Å². The Bertz CT molecular complexity index is 1190. The number of carbonyl (C=O) groups excluding carboxylic acids is 1. The van der Waals surface area contributed by atoms with Crippen LogP contribution in [-0.2, 0) is 11.3 Å². The Balaban J connectivity index is 1.61. The molecule has 1 amide bonds. The molecular weight excluding hydrogens is 423 g/mol. The largest absolute Gasteiger partial charge is 0.444 e. The van der Waals surface area contributed by atoms with Crippen LogP contribution < -0.4 is 10.2 Å². The summed E-state index contributed by atoms with van der Waals surface area (Å²) in [6.45, 7) is 7.35. The average Bonchev–Trinajstić information content (AvgIpc) is 3.10. The van der Waals surface area contributed by atoms with Crippen molar-refractivity contribution in [3.05, 3.63) is 53.6 Å². The Labute approximate surface area is 192 Å². The fraction of sp³-hybridized carbons (Fsp3) is 0.417. The summed E-state index contributed by atoms with van der Waals surface area (Å²) in [6, 6.07) is 10.1. The fourth-order valence-corrected chi connectivity index (χ4v) is 3.94. The summed E-state index contributed by atoms with van der Waals surface area (Å²) in [4.78, 5) is 23.4. The molecule has 0 spiro atoms. The minimum atomic E-state index is -0.438. The number of amides is 1. The second kappa shape index (κ2) is 9.06. The number of piperidine rings is 1. The maximum Gasteiger partial charge on any atom is 0.407 e. The van der Waals surface area contributed by atoms with Gasteiger partial charge < -0.3 is 19.5 Å². The minimum Gasteiger partial charge on any atom is -0.444 e. The van der Waals surface area contributed by atoms with Gasteiger partial charge in [-0.25, -0.2) is 14.2 Å². The van der Waals surface area contributed by atoms with E-state index in [-0.39, 0.29) is 17.5 Å². The van der Waals surface area contributed by atoms with Gasteiger partial charge >= 0.3 is 6.09 Å². The molecule has 33 heavy (non-hydrogen) atoms. The van der Waals surface area contributed by atoms with Gasteiger partial charge in [0.15, 0.2) is 0 Å². The Morgan fingerprint density at radius 2 is 2.15 bits per heavy atom. The van der Waals surface area contributed by atoms with E-state index < -0.39 is 6.09 Å². The van der Waals surface area contributed by atoms with E-state index in [2.05, 4.69) is 21.3 Å². The molecule has 4 rings (SSSR count). The summed E-state index contributed by atoms with van der Waals surface area (Å²) in [5.41, 5.74) is 2.20. The molecular formula is C24H27FN6O2. The number of halogens is 1. The normalized spacial score (nSPS) is 16.5. The van der Waals surface area contributed by atoms with Crippen molar-refractivity contribution < 1.29 is 13.9 Å². The van der Waals surface area contributed by atoms with E-state index in [1.165, 1.54) is 18.3 Å². The van der Waals surface area contributed by atoms with Gasteiger partial charge in [0.1, 0.15) is 18.0 Å². The molecule has 0 bridgehead atoms. The number of hydrogen-bond donors (Lipinski definition) is 1. The van der Waals surface area contributed by atoms with Gasteiger partial charge in [0, 0.05) is 24.3 Å². The highest BCUT2D eigenvalue weighted by Gasteiger charge is 2.28. The zero-order valence-electron chi connectivity index (χ0n) is 19.0. The van der Waals surface area contributed by atoms with Crippen LogP contribution in [0.15, 0.2) is 36.5 Å². The van der Waals surface area contributed by atoms with E-state index in [9.17, 15) is 9.18 Å². The molecule has 1 aromatic carbocycles. The van der Waals surface area contributed by atoms with Crippen LogP contribution >= 0.6 is 0 Å². The Hall–Kier alpha value is -3.67. The van der Waals surface area contributed by atoms with Gasteiger partial charge in [-0.3, -0.25) is 4.98 Å². The lowest BCUT2D eigenvalue weighted by Crippen LogP contribution is -2.46. The summed E-state index contributed by atoms with van der Waals surface area (Å²) < 4.78 is 21.6. The molecule has 2 aromatic heterocycles. The molecule has 1 aliphatic rings. The number of nitrogens with one attached hydrogen (secondary N) is 1. The number of hydrogen-bond acceptors (Lipinski definition) is 6. The summed E-state index contributed by atoms with van der Waals surface area (Å²) in [5, 5.41) is 11.9. The molecule has 1 fully saturated rings. The van der Waals surface area contributed by atoms with E-state index in [1.54, 1.807) is 18.2 Å². The zero-order chi connectivity index (χ0) is 23.6. The molecule has 0 aliphatic carbocycles. The molecule has 172 valence electrons. The molecule has 1 aliphatic heterocycles. The predicted molar refractivity (Wildman–Crippen MR) is 122 cm³/mol. The number of rotatable bonds is 4. The van der Waals surface area contributed by atoms with Crippen LogP contribution in [0.2, 0.25) is 0 Å². The second-order valence-corrected chi connectivity index (χ2v) is 9.27. The third-order valence-electron chi connectivity index (χ3n) is 5.38. The van der Waals surface area contributed by atoms with E-state index >= 15 is 0 Å². The summed E-state index contributed by atoms with van der Waals surface area (Å²) in [7, 11) is 0. The van der Waals surface area contributed by atoms with E-state index in [0.29, 0.717) is 30.1 Å². The van der Waals surface area contributed by atoms with Gasteiger partial charge in [-0.05, 0) is 57.9 Å². The van der Waals surface area contributed by atoms with Gasteiger partial charge in [-0.15, -0.1) is 0 Å². The number of alkyl carbamates (subject to hydrolysis) is 1. The van der Waals surface area contributed by atoms with Crippen LogP contribution in [-0.4, -0.2) is 45.4 Å². The molecule has 8 nitrogen and oxygen atoms in total. The molecule has 1 saturated heterocycles. The van der Waals surface area contributed by atoms with Crippen molar-refractivity contribution in [1.29, 1.82) is 5.26 Å². The fourth-order valence-electron chi connectivity index (χ4n) is 3.94. The van der Waals surface area contributed by atoms with Crippen molar-refractivity contribution in [2.75, 3.05) is 18.0 Å². The lowest BCUT2D eigenvalue weighted by Gasteiger charge is -2.34. The van der Waals surface area contributed by atoms with Crippen LogP contribution in [0.1, 0.15) is 44.9 Å². The Morgan fingerprint density at radius 3 is 2.85 bits per heavy atom. The molecule has 9 heteroatoms. The highest BCUT2D eigenvalue weighted by molar-refractivity contribution is 5.79. The molecule has 3 aromatic rings. The first-order chi connectivity index (χ1) is 15.7. The van der Waals surface area contributed by atoms with Gasteiger partial charge in [-0.1, -0.05) is 0 Å². The minimum absolute atomic E-state index is 0.279. The highest BCUT2D eigenvalue weighted by atomic mass is 19.1. The average molecular weight is 451 g/mol. The number of nitriles is 1. The number of nitrogens with zero attached hydrogens (tertiary/aromatic N) is 5. The van der Waals surface area contributed by atoms with Crippen molar-refractivity contribution in [1.82, 2.24) is 19.9 Å². The van der Waals surface area contributed by atoms with Crippen molar-refractivity contribution >= 4 is 23.1 Å². The molecule has 3 heterocycles. The number of pyridine rings is 1. The predicted octanol–water partition coefficient (Wildman–Crippen LogP) is 3.98. The third-order valence-corrected chi connectivity index (χ3v) is 5.38. The molecule has 0 saturated carbocycles. The molecule has 1 unspecified atom stereocenters. The number of aromatic nitrogens is 3. The van der Waals surface area contributed by atoms with Crippen LogP contribution in [0, 0.1) is 17.1 Å². The number of imidazole rings is 1. The van der Waals surface area contributed by atoms with Crippen LogP contribution in [0.25, 0.3) is 11.0 Å². The van der Waals surface area contributed by atoms with Crippen molar-refractivity contribution in [2.45, 2.75) is 51.8 Å². The molecule has 1 atom stereocenters. The Morgan fingerprint density at radius 1 is 1.33 bits per heavy atom. The first-order valence-electron chi connectivity index (χ1n) is 11.0. The van der Waals surface area contributed by atoms with Gasteiger partial charge in [0.25, 0.3) is 0 Å². The van der Waals surface area contributed by atoms with E-state index in [0.717, 1.165) is 30.6 Å². The maximum absolute atomic E-state index is 13.9. The number of fused-ring (bicyclic) bond motifs is 1. The highest BCUT2D eigenvalue weighted by Crippen LogP contribution is 2.27. The summed E-state index contributed by atoms with van der Waals surface area (Å²) in [5.74, 6) is 0.320. The smallest absolute Gasteiger partial charge is 0.407 e. The quantitative estimate of drug-likeness (QED) is 0.646. The van der Waals surface area contributed by atoms with Gasteiger partial charge in [0.05, 0.1) is 35.4 Å². The number of anilines is 1. The van der Waals surface area contributed by atoms with E-state index in [4.69, 9.17) is 15.0 Å². The summed E-state index contributed by atoms with van der Waals surface area (Å²) in [6.07, 6.45) is 2.41. The Kier molecular flexibility index (Phi) is 6.18. The second-order valence-electron chi connectivity index (χ2n) is 9.27. The van der Waals surface area contributed by atoms with Crippen molar-refractivity contribution in [3.63, 3.8) is 0 Å². The lowest BCUT2D eigenvalue weighted by atomic mass is 10.1. The standard InChI is InChI=1S/C24H27FN6O2/c1-24(2,3)29-23(32)33-19-5-4-10-30(15-19)22-28-20-11-17(25)7-9-21(20)31(22)14-18-8-6-16(12-26)13-27-18/h6-9,11,13,19H,4-5,10,14-15H2,1-3H3,(H,29,32). The maximum atomic E-state index is 13.9. The van der Waals surface area contributed by atoms with Crippen LogP contribution in [0.5, 0.6) is 0 Å². The van der Waals surface area contributed by atoms with Crippen molar-refractivity contribution in [3.8, 4) is 6.07 Å². The van der Waals surface area contributed by atoms with Gasteiger partial charge in [0.2, 0.25) is 5.95 Å². The van der Waals surface area contributed by atoms with Crippen LogP contribution in [0.4, 0.5) is 15.1 Å². The van der Waals surface area contributed by atoms with Crippen molar-refractivity contribution in [2.24, 2.45) is 0 Å². The van der Waals surface area contributed by atoms with Gasteiger partial charge in [-0.2, -0.15) is 5.26 Å². The third kappa shape index (κ3) is 5.40. The molecule has 1 N–H and O–H groups in total. The monoisotopic (exact) mass is 450 g/mol. The SMILES string of the molecule is CC(C)(C)NC(=O)OC1CCCN(c2nc3cc(F)ccc3n2Cc2ccc(C#N)cn2)C1. The number of ether oxygens (including phenoxy) is 1. The number of carbonyl (C=O) groups is 1. The summed E-state index contributed by atoms with van der Waals surface area (Å²) >= 11 is 0. The first kappa shape index (κ1) is 22.5. The van der Waals surface area contributed by atoms with E-state index in [1.807, 2.05) is 25.3 Å². The first-order valence-corrected chi connectivity index (χ1v) is 11.0. The topological polar surface area (TPSA) is 96.1 Å².